The third-order valence-electron chi connectivity index (χ3n) is 1.06. The van der Waals surface area contributed by atoms with Crippen molar-refractivity contribution >= 4 is 63.3 Å². The third-order valence-corrected chi connectivity index (χ3v) is 3.60. The molecule has 82 valence electrons. The standard InChI is InChI=1S/C4H8Cl5O3P/c1-3(2,4(5,6)7)12-13(8,9,10)11/h10-11H,1-2H3. The van der Waals surface area contributed by atoms with Gasteiger partial charge in [-0.25, -0.2) is 0 Å². The summed E-state index contributed by atoms with van der Waals surface area (Å²) >= 11 is 26.6. The van der Waals surface area contributed by atoms with Gasteiger partial charge in [0.15, 0.2) is 0 Å². The Morgan fingerprint density at radius 2 is 1.38 bits per heavy atom. The summed E-state index contributed by atoms with van der Waals surface area (Å²) in [5, 5.41) is 0. The molecule has 0 spiro atoms. The number of halogens is 5. The second kappa shape index (κ2) is 3.65. The van der Waals surface area contributed by atoms with Crippen LogP contribution in [0.1, 0.15) is 13.8 Å². The summed E-state index contributed by atoms with van der Waals surface area (Å²) < 4.78 is 2.67. The van der Waals surface area contributed by atoms with Crippen molar-refractivity contribution in [3.05, 3.63) is 0 Å². The molecule has 0 aromatic rings. The van der Waals surface area contributed by atoms with Crippen LogP contribution in [0.3, 0.4) is 0 Å². The van der Waals surface area contributed by atoms with Crippen LogP contribution in [-0.4, -0.2) is 19.2 Å². The third kappa shape index (κ3) is 6.03. The van der Waals surface area contributed by atoms with E-state index in [2.05, 4.69) is 4.52 Å². The molecule has 0 fully saturated rings. The van der Waals surface area contributed by atoms with E-state index < -0.39 is 15.4 Å². The summed E-state index contributed by atoms with van der Waals surface area (Å²) in [6.07, 6.45) is 0. The number of rotatable bonds is 2. The normalized spacial score (nSPS) is 18.1. The molecule has 13 heavy (non-hydrogen) atoms. The van der Waals surface area contributed by atoms with Crippen LogP contribution in [0.5, 0.6) is 0 Å². The molecule has 0 aromatic heterocycles. The zero-order valence-corrected chi connectivity index (χ0v) is 11.3. The van der Waals surface area contributed by atoms with Crippen LogP contribution in [0.2, 0.25) is 0 Å². The van der Waals surface area contributed by atoms with E-state index in [-0.39, 0.29) is 0 Å². The predicted octanol–water partition coefficient (Wildman–Crippen LogP) is 3.74. The summed E-state index contributed by atoms with van der Waals surface area (Å²) in [5.74, 6) is -5.17. The maximum atomic E-state index is 9.00. The van der Waals surface area contributed by atoms with Crippen molar-refractivity contribution in [2.45, 2.75) is 23.2 Å². The van der Waals surface area contributed by atoms with Gasteiger partial charge in [-0.05, 0) is 0 Å². The first-order valence-electron chi connectivity index (χ1n) is 2.94. The summed E-state index contributed by atoms with van der Waals surface area (Å²) in [6, 6.07) is 0. The first kappa shape index (κ1) is 14.8. The van der Waals surface area contributed by atoms with E-state index in [1.165, 1.54) is 13.8 Å². The molecular weight excluding hydrogens is 304 g/mol. The molecule has 0 radical (unpaired) electrons. The molecule has 0 aromatic carbocycles. The van der Waals surface area contributed by atoms with Gasteiger partial charge in [0, 0.05) is 0 Å². The molecule has 2 N–H and O–H groups in total. The van der Waals surface area contributed by atoms with Gasteiger partial charge < -0.3 is 0 Å². The van der Waals surface area contributed by atoms with Gasteiger partial charge in [0.1, 0.15) is 0 Å². The van der Waals surface area contributed by atoms with Crippen molar-refractivity contribution in [3.8, 4) is 0 Å². The molecule has 0 aliphatic carbocycles. The molecule has 3 nitrogen and oxygen atoms in total. The van der Waals surface area contributed by atoms with E-state index in [1.54, 1.807) is 0 Å². The van der Waals surface area contributed by atoms with Crippen LogP contribution in [0, 0.1) is 0 Å². The van der Waals surface area contributed by atoms with Gasteiger partial charge in [-0.2, -0.15) is 0 Å². The van der Waals surface area contributed by atoms with Crippen LogP contribution in [0.15, 0.2) is 0 Å². The van der Waals surface area contributed by atoms with Gasteiger partial charge in [-0.3, -0.25) is 0 Å². The van der Waals surface area contributed by atoms with Crippen molar-refractivity contribution in [2.24, 2.45) is 0 Å². The summed E-state index contributed by atoms with van der Waals surface area (Å²) in [7, 11) is 0. The van der Waals surface area contributed by atoms with Crippen molar-refractivity contribution < 1.29 is 14.3 Å². The average Bonchev–Trinajstić information content (AvgIpc) is 1.48. The number of hydrogen-bond acceptors (Lipinski definition) is 3. The Bertz CT molecular complexity index is 195. The Balaban J connectivity index is 4.74. The quantitative estimate of drug-likeness (QED) is 0.603. The fourth-order valence-electron chi connectivity index (χ4n) is 0.428. The molecule has 0 aliphatic heterocycles. The molecule has 0 amide bonds. The van der Waals surface area contributed by atoms with Gasteiger partial charge in [-0.1, -0.05) is 0 Å². The molecule has 0 unspecified atom stereocenters. The van der Waals surface area contributed by atoms with E-state index in [0.717, 1.165) is 0 Å². The second-order valence-corrected chi connectivity index (χ2v) is 11.0. The second-order valence-electron chi connectivity index (χ2n) is 2.86. The molecular formula is C4H8Cl5O3P. The first-order chi connectivity index (χ1) is 5.21. The van der Waals surface area contributed by atoms with Crippen molar-refractivity contribution in [1.29, 1.82) is 0 Å². The Morgan fingerprint density at radius 3 is 1.46 bits per heavy atom. The fraction of sp³-hybridized carbons (Fsp3) is 1.00. The zero-order valence-electron chi connectivity index (χ0n) is 6.64. The maximum absolute atomic E-state index is 9.00. The molecule has 0 heterocycles. The van der Waals surface area contributed by atoms with Crippen molar-refractivity contribution in [3.63, 3.8) is 0 Å². The van der Waals surface area contributed by atoms with Crippen molar-refractivity contribution in [2.75, 3.05) is 0 Å². The van der Waals surface area contributed by atoms with Crippen LogP contribution in [0.25, 0.3) is 0 Å². The fourth-order valence-corrected chi connectivity index (χ4v) is 2.63. The Hall–Kier alpha value is 1.76. The SMILES string of the molecule is CC(C)(OP(O)(O)(Cl)Cl)C(Cl)(Cl)Cl. The number of hydrogen-bond donors (Lipinski definition) is 2. The average molecular weight is 312 g/mol. The van der Waals surface area contributed by atoms with Gasteiger partial charge in [0.05, 0.1) is 0 Å². The van der Waals surface area contributed by atoms with Gasteiger partial charge in [0.25, 0.3) is 0 Å². The molecule has 0 rings (SSSR count). The van der Waals surface area contributed by atoms with Crippen LogP contribution >= 0.6 is 63.3 Å². The number of alkyl halides is 3. The van der Waals surface area contributed by atoms with Gasteiger partial charge in [0.2, 0.25) is 0 Å². The van der Waals surface area contributed by atoms with Gasteiger partial charge >= 0.3 is 101 Å². The Kier molecular flexibility index (Phi) is 4.15. The molecule has 9 heteroatoms. The van der Waals surface area contributed by atoms with E-state index in [1.807, 2.05) is 0 Å². The topological polar surface area (TPSA) is 49.7 Å². The molecule has 0 saturated heterocycles. The molecule has 0 saturated carbocycles. The van der Waals surface area contributed by atoms with E-state index in [4.69, 9.17) is 67.1 Å². The monoisotopic (exact) mass is 310 g/mol. The van der Waals surface area contributed by atoms with Crippen LogP contribution in [0.4, 0.5) is 0 Å². The van der Waals surface area contributed by atoms with Crippen molar-refractivity contribution in [1.82, 2.24) is 0 Å². The Labute approximate surface area is 101 Å². The summed E-state index contributed by atoms with van der Waals surface area (Å²) in [6.45, 7) is 2.61. The minimum atomic E-state index is -5.17. The van der Waals surface area contributed by atoms with Gasteiger partial charge in [-0.15, -0.1) is 0 Å². The predicted molar refractivity (Wildman–Crippen MR) is 58.5 cm³/mol. The van der Waals surface area contributed by atoms with Crippen LogP contribution in [-0.2, 0) is 4.52 Å². The first-order valence-corrected chi connectivity index (χ1v) is 7.95. The van der Waals surface area contributed by atoms with Crippen LogP contribution < -0.4 is 0 Å². The zero-order chi connectivity index (χ0) is 11.2. The van der Waals surface area contributed by atoms with E-state index >= 15 is 0 Å². The summed E-state index contributed by atoms with van der Waals surface area (Å²) in [4.78, 5) is 18.0. The summed E-state index contributed by atoms with van der Waals surface area (Å²) in [5.41, 5.74) is -1.53. The molecule has 0 bridgehead atoms. The van der Waals surface area contributed by atoms with E-state index in [0.29, 0.717) is 0 Å². The Morgan fingerprint density at radius 1 is 1.08 bits per heavy atom. The molecule has 0 atom stereocenters. The van der Waals surface area contributed by atoms with E-state index in [9.17, 15) is 0 Å². The molecule has 0 aliphatic rings. The minimum absolute atomic E-state index is 1.30.